The lowest BCUT2D eigenvalue weighted by atomic mass is 10.0. The van der Waals surface area contributed by atoms with Crippen LogP contribution in [-0.4, -0.2) is 9.78 Å². The molecule has 0 aliphatic heterocycles. The van der Waals surface area contributed by atoms with Gasteiger partial charge in [0, 0.05) is 10.5 Å². The molecule has 1 unspecified atom stereocenters. The molecule has 0 saturated carbocycles. The molecular formula is C14H18Br2N4. The Hall–Kier alpha value is -0.690. The number of aromatic nitrogens is 2. The molecule has 1 heterocycles. The van der Waals surface area contributed by atoms with E-state index in [-0.39, 0.29) is 12.1 Å². The molecule has 2 aromatic rings. The van der Waals surface area contributed by atoms with E-state index < -0.39 is 0 Å². The van der Waals surface area contributed by atoms with E-state index in [1.165, 1.54) is 5.56 Å². The minimum atomic E-state index is -0.136. The fourth-order valence-corrected chi connectivity index (χ4v) is 3.24. The summed E-state index contributed by atoms with van der Waals surface area (Å²) in [5.74, 6) is 5.82. The highest BCUT2D eigenvalue weighted by Crippen LogP contribution is 2.34. The largest absolute Gasteiger partial charge is 0.271 e. The van der Waals surface area contributed by atoms with Gasteiger partial charge >= 0.3 is 0 Å². The maximum atomic E-state index is 5.82. The van der Waals surface area contributed by atoms with E-state index in [4.69, 9.17) is 5.84 Å². The maximum Gasteiger partial charge on any atom is 0.0900 e. The number of benzene rings is 1. The Morgan fingerprint density at radius 3 is 2.60 bits per heavy atom. The number of halogens is 2. The number of hydrogen-bond acceptors (Lipinski definition) is 3. The number of rotatable bonds is 4. The molecule has 0 spiro atoms. The van der Waals surface area contributed by atoms with Crippen molar-refractivity contribution in [1.29, 1.82) is 0 Å². The van der Waals surface area contributed by atoms with Crippen LogP contribution in [0.4, 0.5) is 0 Å². The smallest absolute Gasteiger partial charge is 0.0900 e. The lowest BCUT2D eigenvalue weighted by molar-refractivity contribution is 0.474. The minimum absolute atomic E-state index is 0.136. The SMILES string of the molecule is Cc1cccc(C(NN)c2c(Br)cnn2C(C)C)c1Br. The van der Waals surface area contributed by atoms with Crippen molar-refractivity contribution in [3.63, 3.8) is 0 Å². The summed E-state index contributed by atoms with van der Waals surface area (Å²) in [6, 6.07) is 6.28. The van der Waals surface area contributed by atoms with E-state index in [0.29, 0.717) is 0 Å². The molecule has 108 valence electrons. The standard InChI is InChI=1S/C14H18Br2N4/c1-8(2)20-14(11(15)7-18-20)13(19-17)10-6-4-5-9(3)12(10)16/h4-8,13,19H,17H2,1-3H3. The van der Waals surface area contributed by atoms with Gasteiger partial charge in [0.05, 0.1) is 22.4 Å². The lowest BCUT2D eigenvalue weighted by Crippen LogP contribution is -2.31. The van der Waals surface area contributed by atoms with Crippen LogP contribution in [0, 0.1) is 6.92 Å². The van der Waals surface area contributed by atoms with Gasteiger partial charge in [-0.3, -0.25) is 10.5 Å². The Kier molecular flexibility index (Phi) is 5.01. The third-order valence-electron chi connectivity index (χ3n) is 3.25. The minimum Gasteiger partial charge on any atom is -0.271 e. The third-order valence-corrected chi connectivity index (χ3v) is 4.94. The van der Waals surface area contributed by atoms with E-state index in [9.17, 15) is 0 Å². The fraction of sp³-hybridized carbons (Fsp3) is 0.357. The van der Waals surface area contributed by atoms with Gasteiger partial charge in [-0.1, -0.05) is 34.1 Å². The lowest BCUT2D eigenvalue weighted by Gasteiger charge is -2.22. The van der Waals surface area contributed by atoms with Crippen molar-refractivity contribution in [1.82, 2.24) is 15.2 Å². The quantitative estimate of drug-likeness (QED) is 0.604. The second kappa shape index (κ2) is 6.39. The van der Waals surface area contributed by atoms with Crippen LogP contribution >= 0.6 is 31.9 Å². The van der Waals surface area contributed by atoms with Crippen LogP contribution in [0.25, 0.3) is 0 Å². The summed E-state index contributed by atoms with van der Waals surface area (Å²) >= 11 is 7.23. The Morgan fingerprint density at radius 1 is 1.30 bits per heavy atom. The van der Waals surface area contributed by atoms with Gasteiger partial charge in [0.25, 0.3) is 0 Å². The molecule has 6 heteroatoms. The van der Waals surface area contributed by atoms with Gasteiger partial charge in [-0.05, 0) is 47.8 Å². The number of hydrogen-bond donors (Lipinski definition) is 2. The van der Waals surface area contributed by atoms with Gasteiger partial charge in [-0.2, -0.15) is 5.10 Å². The molecule has 20 heavy (non-hydrogen) atoms. The summed E-state index contributed by atoms with van der Waals surface area (Å²) in [5, 5.41) is 4.42. The number of nitrogens with two attached hydrogens (primary N) is 1. The molecule has 1 aromatic carbocycles. The Labute approximate surface area is 136 Å². The Balaban J connectivity index is 2.58. The number of aryl methyl sites for hydroxylation is 1. The average molecular weight is 402 g/mol. The third kappa shape index (κ3) is 2.83. The van der Waals surface area contributed by atoms with Crippen LogP contribution in [0.15, 0.2) is 33.3 Å². The first-order valence-corrected chi connectivity index (χ1v) is 8.00. The van der Waals surface area contributed by atoms with E-state index in [0.717, 1.165) is 20.2 Å². The van der Waals surface area contributed by atoms with Gasteiger partial charge < -0.3 is 0 Å². The maximum absolute atomic E-state index is 5.82. The van der Waals surface area contributed by atoms with Crippen LogP contribution in [0.3, 0.4) is 0 Å². The van der Waals surface area contributed by atoms with Crippen LogP contribution in [0.1, 0.15) is 42.8 Å². The zero-order valence-electron chi connectivity index (χ0n) is 11.7. The first kappa shape index (κ1) is 15.7. The van der Waals surface area contributed by atoms with Gasteiger partial charge in [-0.15, -0.1) is 0 Å². The monoisotopic (exact) mass is 400 g/mol. The fourth-order valence-electron chi connectivity index (χ4n) is 2.24. The number of hydrazine groups is 1. The first-order chi connectivity index (χ1) is 9.47. The predicted molar refractivity (Wildman–Crippen MR) is 88.4 cm³/mol. The van der Waals surface area contributed by atoms with Crippen molar-refractivity contribution in [2.75, 3.05) is 0 Å². The van der Waals surface area contributed by atoms with E-state index in [2.05, 4.69) is 75.3 Å². The molecule has 0 aliphatic carbocycles. The van der Waals surface area contributed by atoms with Crippen molar-refractivity contribution in [3.05, 3.63) is 50.2 Å². The van der Waals surface area contributed by atoms with Crippen molar-refractivity contribution in [2.45, 2.75) is 32.9 Å². The van der Waals surface area contributed by atoms with Gasteiger partial charge in [-0.25, -0.2) is 5.43 Å². The summed E-state index contributed by atoms with van der Waals surface area (Å²) in [4.78, 5) is 0. The molecule has 1 atom stereocenters. The van der Waals surface area contributed by atoms with E-state index >= 15 is 0 Å². The molecule has 2 rings (SSSR count). The van der Waals surface area contributed by atoms with E-state index in [1.807, 2.05) is 16.9 Å². The van der Waals surface area contributed by atoms with Crippen molar-refractivity contribution < 1.29 is 0 Å². The normalized spacial score (nSPS) is 12.9. The molecule has 4 nitrogen and oxygen atoms in total. The average Bonchev–Trinajstić information content (AvgIpc) is 2.78. The van der Waals surface area contributed by atoms with Gasteiger partial charge in [0.2, 0.25) is 0 Å². The second-order valence-corrected chi connectivity index (χ2v) is 6.64. The number of nitrogens with one attached hydrogen (secondary N) is 1. The van der Waals surface area contributed by atoms with Crippen LogP contribution < -0.4 is 11.3 Å². The second-order valence-electron chi connectivity index (χ2n) is 4.99. The molecule has 1 aromatic heterocycles. The van der Waals surface area contributed by atoms with Gasteiger partial charge in [0.15, 0.2) is 0 Å². The van der Waals surface area contributed by atoms with Crippen molar-refractivity contribution >= 4 is 31.9 Å². The van der Waals surface area contributed by atoms with Crippen LogP contribution in [0.5, 0.6) is 0 Å². The molecule has 0 amide bonds. The van der Waals surface area contributed by atoms with E-state index in [1.54, 1.807) is 0 Å². The molecule has 0 aliphatic rings. The summed E-state index contributed by atoms with van der Waals surface area (Å²) in [7, 11) is 0. The molecule has 0 radical (unpaired) electrons. The van der Waals surface area contributed by atoms with Crippen molar-refractivity contribution in [3.8, 4) is 0 Å². The zero-order chi connectivity index (χ0) is 14.9. The predicted octanol–water partition coefficient (Wildman–Crippen LogP) is 3.85. The van der Waals surface area contributed by atoms with Crippen LogP contribution in [0.2, 0.25) is 0 Å². The summed E-state index contributed by atoms with van der Waals surface area (Å²) in [6.07, 6.45) is 1.81. The summed E-state index contributed by atoms with van der Waals surface area (Å²) in [6.45, 7) is 6.26. The summed E-state index contributed by atoms with van der Waals surface area (Å²) in [5.41, 5.74) is 6.19. The zero-order valence-corrected chi connectivity index (χ0v) is 14.9. The highest BCUT2D eigenvalue weighted by Gasteiger charge is 2.24. The number of nitrogens with zero attached hydrogens (tertiary/aromatic N) is 2. The van der Waals surface area contributed by atoms with Crippen molar-refractivity contribution in [2.24, 2.45) is 5.84 Å². The first-order valence-electron chi connectivity index (χ1n) is 6.41. The summed E-state index contributed by atoms with van der Waals surface area (Å²) < 4.78 is 3.98. The highest BCUT2D eigenvalue weighted by atomic mass is 79.9. The molecule has 3 N–H and O–H groups in total. The molecule has 0 bridgehead atoms. The van der Waals surface area contributed by atoms with Gasteiger partial charge in [0.1, 0.15) is 0 Å². The molecule has 0 fully saturated rings. The Bertz CT molecular complexity index is 607. The van der Waals surface area contributed by atoms with Crippen LogP contribution in [-0.2, 0) is 0 Å². The molecule has 0 saturated heterocycles. The Morgan fingerprint density at radius 2 is 2.00 bits per heavy atom. The topological polar surface area (TPSA) is 55.9 Å². The highest BCUT2D eigenvalue weighted by molar-refractivity contribution is 9.10. The molecular weight excluding hydrogens is 384 g/mol.